The number of hydrogen-bond acceptors (Lipinski definition) is 3. The molecule has 128 valence electrons. The zero-order valence-electron chi connectivity index (χ0n) is 14.5. The molecule has 0 heterocycles. The predicted molar refractivity (Wildman–Crippen MR) is 87.5 cm³/mol. The molecule has 1 unspecified atom stereocenters. The topological polar surface area (TPSA) is 63.6 Å². The number of rotatable bonds is 12. The summed E-state index contributed by atoms with van der Waals surface area (Å²) >= 11 is 0. The standard InChI is InChI=1S/C17H31NO4/c1-5-6-7-8-9-10-11-12-17(21)22-15(13-16(19)20)14-18(2,3)4/h5-6,15H,7-14H2,1-4H3/p+1/b6-5+. The average molecular weight is 314 g/mol. The number of carboxylic acids is 1. The molecule has 5 nitrogen and oxygen atoms in total. The van der Waals surface area contributed by atoms with E-state index in [1.165, 1.54) is 0 Å². The van der Waals surface area contributed by atoms with Crippen molar-refractivity contribution in [2.24, 2.45) is 0 Å². The van der Waals surface area contributed by atoms with E-state index in [0.29, 0.717) is 17.4 Å². The highest BCUT2D eigenvalue weighted by atomic mass is 16.5. The molecule has 1 atom stereocenters. The van der Waals surface area contributed by atoms with Gasteiger partial charge >= 0.3 is 11.9 Å². The van der Waals surface area contributed by atoms with Crippen molar-refractivity contribution in [1.29, 1.82) is 0 Å². The highest BCUT2D eigenvalue weighted by molar-refractivity contribution is 5.71. The maximum atomic E-state index is 11.8. The second-order valence-electron chi connectivity index (χ2n) is 6.70. The van der Waals surface area contributed by atoms with Crippen molar-refractivity contribution in [3.63, 3.8) is 0 Å². The van der Waals surface area contributed by atoms with Crippen molar-refractivity contribution in [2.45, 2.75) is 58.0 Å². The molecule has 5 heteroatoms. The van der Waals surface area contributed by atoms with Crippen LogP contribution in [0.15, 0.2) is 12.2 Å². The first kappa shape index (κ1) is 20.6. The predicted octanol–water partition coefficient (Wildman–Crippen LogP) is 3.00. The van der Waals surface area contributed by atoms with Crippen LogP contribution in [0.3, 0.4) is 0 Å². The minimum absolute atomic E-state index is 0.134. The smallest absolute Gasteiger partial charge is 0.307 e. The first-order chi connectivity index (χ1) is 10.2. The highest BCUT2D eigenvalue weighted by Gasteiger charge is 2.24. The van der Waals surface area contributed by atoms with Crippen LogP contribution in [0.2, 0.25) is 0 Å². The molecule has 0 aromatic heterocycles. The van der Waals surface area contributed by atoms with Gasteiger partial charge in [0.1, 0.15) is 6.54 Å². The highest BCUT2D eigenvalue weighted by Crippen LogP contribution is 2.10. The first-order valence-corrected chi connectivity index (χ1v) is 8.07. The lowest BCUT2D eigenvalue weighted by Crippen LogP contribution is -2.43. The number of allylic oxidation sites excluding steroid dienone is 2. The second-order valence-corrected chi connectivity index (χ2v) is 6.70. The van der Waals surface area contributed by atoms with E-state index in [0.717, 1.165) is 32.1 Å². The van der Waals surface area contributed by atoms with Crippen LogP contribution in [-0.2, 0) is 14.3 Å². The van der Waals surface area contributed by atoms with Crippen molar-refractivity contribution in [3.8, 4) is 0 Å². The average Bonchev–Trinajstić information content (AvgIpc) is 2.34. The summed E-state index contributed by atoms with van der Waals surface area (Å²) in [6.45, 7) is 2.52. The van der Waals surface area contributed by atoms with Crippen molar-refractivity contribution in [1.82, 2.24) is 0 Å². The fourth-order valence-electron chi connectivity index (χ4n) is 2.25. The summed E-state index contributed by atoms with van der Waals surface area (Å²) in [5.41, 5.74) is 0. The minimum Gasteiger partial charge on any atom is -0.481 e. The van der Waals surface area contributed by atoms with E-state index in [4.69, 9.17) is 9.84 Å². The van der Waals surface area contributed by atoms with E-state index < -0.39 is 12.1 Å². The molecule has 0 spiro atoms. The third-order valence-corrected chi connectivity index (χ3v) is 3.19. The lowest BCUT2D eigenvalue weighted by Gasteiger charge is -2.28. The van der Waals surface area contributed by atoms with Crippen LogP contribution < -0.4 is 0 Å². The van der Waals surface area contributed by atoms with E-state index in [2.05, 4.69) is 6.08 Å². The van der Waals surface area contributed by atoms with Gasteiger partial charge in [-0.3, -0.25) is 9.59 Å². The molecule has 0 saturated heterocycles. The monoisotopic (exact) mass is 314 g/mol. The number of esters is 1. The van der Waals surface area contributed by atoms with E-state index in [1.54, 1.807) is 0 Å². The summed E-state index contributed by atoms with van der Waals surface area (Å²) in [6, 6.07) is 0. The molecule has 0 aliphatic carbocycles. The minimum atomic E-state index is -0.935. The third-order valence-electron chi connectivity index (χ3n) is 3.19. The van der Waals surface area contributed by atoms with Gasteiger partial charge in [0, 0.05) is 6.42 Å². The Morgan fingerprint density at radius 1 is 1.14 bits per heavy atom. The number of likely N-dealkylation sites (N-methyl/N-ethyl adjacent to an activating group) is 1. The Kier molecular flexibility index (Phi) is 10.5. The van der Waals surface area contributed by atoms with Gasteiger partial charge in [0.2, 0.25) is 0 Å². The Bertz CT molecular complexity index is 358. The van der Waals surface area contributed by atoms with Crippen LogP contribution in [0, 0.1) is 0 Å². The Labute approximate surface area is 134 Å². The number of quaternary nitrogens is 1. The second kappa shape index (κ2) is 11.2. The molecule has 0 rings (SSSR count). The van der Waals surface area contributed by atoms with Gasteiger partial charge in [-0.2, -0.15) is 0 Å². The maximum Gasteiger partial charge on any atom is 0.307 e. The number of carbonyl (C=O) groups is 2. The molecule has 22 heavy (non-hydrogen) atoms. The summed E-state index contributed by atoms with van der Waals surface area (Å²) in [4.78, 5) is 22.7. The van der Waals surface area contributed by atoms with Gasteiger partial charge in [-0.05, 0) is 26.2 Å². The maximum absolute atomic E-state index is 11.8. The molecule has 0 amide bonds. The number of nitrogens with zero attached hydrogens (tertiary/aromatic N) is 1. The fourth-order valence-corrected chi connectivity index (χ4v) is 2.25. The molecule has 0 aromatic carbocycles. The van der Waals surface area contributed by atoms with E-state index >= 15 is 0 Å². The van der Waals surface area contributed by atoms with Crippen molar-refractivity contribution < 1.29 is 23.9 Å². The van der Waals surface area contributed by atoms with Crippen LogP contribution >= 0.6 is 0 Å². The summed E-state index contributed by atoms with van der Waals surface area (Å²) in [7, 11) is 5.86. The molecule has 0 aromatic rings. The number of carbonyl (C=O) groups excluding carboxylic acids is 1. The Morgan fingerprint density at radius 2 is 1.77 bits per heavy atom. The molecular weight excluding hydrogens is 282 g/mol. The largest absolute Gasteiger partial charge is 0.481 e. The van der Waals surface area contributed by atoms with E-state index in [1.807, 2.05) is 34.1 Å². The molecule has 1 N–H and O–H groups in total. The number of carboxylic acid groups (broad SMARTS) is 1. The Hall–Kier alpha value is -1.36. The Balaban J connectivity index is 3.99. The first-order valence-electron chi connectivity index (χ1n) is 8.07. The van der Waals surface area contributed by atoms with Gasteiger partial charge in [0.15, 0.2) is 6.10 Å². The van der Waals surface area contributed by atoms with Crippen LogP contribution in [0.4, 0.5) is 0 Å². The molecule has 0 aliphatic heterocycles. The van der Waals surface area contributed by atoms with Gasteiger partial charge in [0.25, 0.3) is 0 Å². The van der Waals surface area contributed by atoms with Gasteiger partial charge in [0.05, 0.1) is 27.6 Å². The molecule has 0 fully saturated rings. The zero-order valence-corrected chi connectivity index (χ0v) is 14.5. The number of unbranched alkanes of at least 4 members (excludes halogenated alkanes) is 4. The van der Waals surface area contributed by atoms with Crippen molar-refractivity contribution in [3.05, 3.63) is 12.2 Å². The summed E-state index contributed by atoms with van der Waals surface area (Å²) in [5, 5.41) is 8.91. The third kappa shape index (κ3) is 13.6. The molecule has 0 saturated carbocycles. The lowest BCUT2D eigenvalue weighted by atomic mass is 10.1. The number of ether oxygens (including phenoxy) is 1. The molecule has 0 aliphatic rings. The molecular formula is C17H32NO4+. The van der Waals surface area contributed by atoms with Gasteiger partial charge < -0.3 is 14.3 Å². The summed E-state index contributed by atoms with van der Waals surface area (Å²) in [6.07, 6.45) is 9.03. The summed E-state index contributed by atoms with van der Waals surface area (Å²) in [5.74, 6) is -1.22. The quantitative estimate of drug-likeness (QED) is 0.260. The fraction of sp³-hybridized carbons (Fsp3) is 0.765. The van der Waals surface area contributed by atoms with Crippen LogP contribution in [0.25, 0.3) is 0 Å². The Morgan fingerprint density at radius 3 is 2.32 bits per heavy atom. The molecule has 0 bridgehead atoms. The van der Waals surface area contributed by atoms with Crippen LogP contribution in [0.1, 0.15) is 51.9 Å². The SMILES string of the molecule is C/C=C/CCCCCCC(=O)OC(CC(=O)O)C[N+](C)(C)C. The van der Waals surface area contributed by atoms with Gasteiger partial charge in [-0.25, -0.2) is 0 Å². The van der Waals surface area contributed by atoms with E-state index in [9.17, 15) is 9.59 Å². The van der Waals surface area contributed by atoms with Crippen LogP contribution in [0.5, 0.6) is 0 Å². The number of hydrogen-bond donors (Lipinski definition) is 1. The van der Waals surface area contributed by atoms with E-state index in [-0.39, 0.29) is 12.4 Å². The van der Waals surface area contributed by atoms with Crippen molar-refractivity contribution in [2.75, 3.05) is 27.7 Å². The van der Waals surface area contributed by atoms with Gasteiger partial charge in [-0.1, -0.05) is 25.0 Å². The molecule has 0 radical (unpaired) electrons. The normalized spacial score (nSPS) is 13.3. The summed E-state index contributed by atoms with van der Waals surface area (Å²) < 4.78 is 5.90. The zero-order chi connectivity index (χ0) is 17.0. The lowest BCUT2D eigenvalue weighted by molar-refractivity contribution is -0.873. The number of aliphatic carboxylic acids is 1. The van der Waals surface area contributed by atoms with Gasteiger partial charge in [-0.15, -0.1) is 0 Å². The van der Waals surface area contributed by atoms with Crippen LogP contribution in [-0.4, -0.2) is 55.3 Å². The van der Waals surface area contributed by atoms with Crippen molar-refractivity contribution >= 4 is 11.9 Å².